The standard InChI is InChI=1S/C23H28N2O3/c1-16(2)18-8-12-21(13-9-18)28-15-22(26)25(20-10-11-20)14-17-4-6-19(7-5-17)23(27)24-3/h4-9,12-13,16,20H,10-11,14-15H2,1-3H3,(H,24,27). The molecule has 1 fully saturated rings. The lowest BCUT2D eigenvalue weighted by atomic mass is 10.0. The van der Waals surface area contributed by atoms with Gasteiger partial charge in [0.25, 0.3) is 11.8 Å². The monoisotopic (exact) mass is 380 g/mol. The van der Waals surface area contributed by atoms with E-state index < -0.39 is 0 Å². The molecule has 148 valence electrons. The Bertz CT molecular complexity index is 809. The first-order valence-corrected chi connectivity index (χ1v) is 9.81. The Kier molecular flexibility index (Phi) is 6.34. The van der Waals surface area contributed by atoms with E-state index >= 15 is 0 Å². The molecular formula is C23H28N2O3. The van der Waals surface area contributed by atoms with Crippen LogP contribution in [0.25, 0.3) is 0 Å². The average Bonchev–Trinajstić information content (AvgIpc) is 3.55. The highest BCUT2D eigenvalue weighted by Gasteiger charge is 2.32. The summed E-state index contributed by atoms with van der Waals surface area (Å²) in [5.74, 6) is 1.06. The molecule has 2 aromatic carbocycles. The molecule has 5 nitrogen and oxygen atoms in total. The van der Waals surface area contributed by atoms with Gasteiger partial charge in [0, 0.05) is 25.2 Å². The summed E-state index contributed by atoms with van der Waals surface area (Å²) in [7, 11) is 1.61. The molecule has 5 heteroatoms. The molecule has 1 saturated carbocycles. The highest BCUT2D eigenvalue weighted by atomic mass is 16.5. The number of hydrogen-bond acceptors (Lipinski definition) is 3. The molecule has 2 amide bonds. The molecule has 2 aromatic rings. The van der Waals surface area contributed by atoms with Gasteiger partial charge < -0.3 is 15.0 Å². The van der Waals surface area contributed by atoms with Crippen molar-refractivity contribution < 1.29 is 14.3 Å². The largest absolute Gasteiger partial charge is 0.484 e. The van der Waals surface area contributed by atoms with E-state index in [-0.39, 0.29) is 24.5 Å². The Morgan fingerprint density at radius 3 is 2.25 bits per heavy atom. The van der Waals surface area contributed by atoms with E-state index in [0.717, 1.165) is 18.4 Å². The van der Waals surface area contributed by atoms with Crippen molar-refractivity contribution in [2.75, 3.05) is 13.7 Å². The van der Waals surface area contributed by atoms with Crippen molar-refractivity contribution >= 4 is 11.8 Å². The van der Waals surface area contributed by atoms with Crippen LogP contribution >= 0.6 is 0 Å². The fourth-order valence-corrected chi connectivity index (χ4v) is 3.09. The summed E-state index contributed by atoms with van der Waals surface area (Å²) < 4.78 is 5.72. The van der Waals surface area contributed by atoms with E-state index in [4.69, 9.17) is 4.74 Å². The molecule has 0 unspecified atom stereocenters. The summed E-state index contributed by atoms with van der Waals surface area (Å²) in [5, 5.41) is 2.61. The van der Waals surface area contributed by atoms with Gasteiger partial charge in [-0.05, 0) is 54.2 Å². The number of nitrogens with zero attached hydrogens (tertiary/aromatic N) is 1. The van der Waals surface area contributed by atoms with Crippen molar-refractivity contribution in [1.29, 1.82) is 0 Å². The third-order valence-electron chi connectivity index (χ3n) is 5.01. The van der Waals surface area contributed by atoms with Crippen LogP contribution in [0, 0.1) is 0 Å². The van der Waals surface area contributed by atoms with E-state index in [1.807, 2.05) is 41.3 Å². The van der Waals surface area contributed by atoms with Crippen molar-refractivity contribution in [3.63, 3.8) is 0 Å². The maximum Gasteiger partial charge on any atom is 0.261 e. The zero-order chi connectivity index (χ0) is 20.1. The zero-order valence-corrected chi connectivity index (χ0v) is 16.8. The molecule has 0 heterocycles. The number of benzene rings is 2. The summed E-state index contributed by atoms with van der Waals surface area (Å²) in [6.07, 6.45) is 2.07. The molecular weight excluding hydrogens is 352 g/mol. The maximum atomic E-state index is 12.7. The minimum Gasteiger partial charge on any atom is -0.484 e. The van der Waals surface area contributed by atoms with E-state index in [0.29, 0.717) is 23.8 Å². The third kappa shape index (κ3) is 5.12. The predicted octanol–water partition coefficient (Wildman–Crippen LogP) is 3.74. The van der Waals surface area contributed by atoms with Crippen molar-refractivity contribution in [3.8, 4) is 5.75 Å². The average molecular weight is 380 g/mol. The molecule has 28 heavy (non-hydrogen) atoms. The fourth-order valence-electron chi connectivity index (χ4n) is 3.09. The van der Waals surface area contributed by atoms with Crippen LogP contribution in [0.2, 0.25) is 0 Å². The van der Waals surface area contributed by atoms with Crippen LogP contribution in [0.1, 0.15) is 54.1 Å². The number of hydrogen-bond donors (Lipinski definition) is 1. The first-order chi connectivity index (χ1) is 13.5. The normalized spacial score (nSPS) is 13.3. The van der Waals surface area contributed by atoms with E-state index in [1.165, 1.54) is 5.56 Å². The van der Waals surface area contributed by atoms with Crippen LogP contribution in [0.4, 0.5) is 0 Å². The van der Waals surface area contributed by atoms with Crippen LogP contribution in [-0.2, 0) is 11.3 Å². The summed E-state index contributed by atoms with van der Waals surface area (Å²) in [4.78, 5) is 26.3. The van der Waals surface area contributed by atoms with Gasteiger partial charge in [-0.1, -0.05) is 38.1 Å². The lowest BCUT2D eigenvalue weighted by Gasteiger charge is -2.23. The second-order valence-corrected chi connectivity index (χ2v) is 7.54. The van der Waals surface area contributed by atoms with Gasteiger partial charge in [0.05, 0.1) is 0 Å². The van der Waals surface area contributed by atoms with Gasteiger partial charge in [-0.25, -0.2) is 0 Å². The van der Waals surface area contributed by atoms with Crippen molar-refractivity contribution in [1.82, 2.24) is 10.2 Å². The van der Waals surface area contributed by atoms with Crippen LogP contribution in [0.15, 0.2) is 48.5 Å². The maximum absolute atomic E-state index is 12.7. The van der Waals surface area contributed by atoms with Gasteiger partial charge in [-0.15, -0.1) is 0 Å². The number of ether oxygens (including phenoxy) is 1. The molecule has 0 aromatic heterocycles. The number of carbonyl (C=O) groups excluding carboxylic acids is 2. The quantitative estimate of drug-likeness (QED) is 0.759. The zero-order valence-electron chi connectivity index (χ0n) is 16.8. The van der Waals surface area contributed by atoms with Gasteiger partial charge >= 0.3 is 0 Å². The predicted molar refractivity (Wildman–Crippen MR) is 109 cm³/mol. The molecule has 1 aliphatic rings. The van der Waals surface area contributed by atoms with Crippen LogP contribution < -0.4 is 10.1 Å². The Labute approximate surface area is 166 Å². The van der Waals surface area contributed by atoms with Crippen molar-refractivity contribution in [3.05, 3.63) is 65.2 Å². The van der Waals surface area contributed by atoms with Gasteiger partial charge in [0.15, 0.2) is 6.61 Å². The first kappa shape index (κ1) is 19.9. The fraction of sp³-hybridized carbons (Fsp3) is 0.391. The first-order valence-electron chi connectivity index (χ1n) is 9.81. The molecule has 0 bridgehead atoms. The van der Waals surface area contributed by atoms with Crippen LogP contribution in [0.3, 0.4) is 0 Å². The molecule has 0 aliphatic heterocycles. The number of amides is 2. The Morgan fingerprint density at radius 1 is 1.07 bits per heavy atom. The second-order valence-electron chi connectivity index (χ2n) is 7.54. The molecule has 0 atom stereocenters. The van der Waals surface area contributed by atoms with Crippen molar-refractivity contribution in [2.24, 2.45) is 0 Å². The number of carbonyl (C=O) groups is 2. The van der Waals surface area contributed by atoms with Gasteiger partial charge in [0.1, 0.15) is 5.75 Å². The second kappa shape index (κ2) is 8.91. The lowest BCUT2D eigenvalue weighted by Crippen LogP contribution is -2.36. The topological polar surface area (TPSA) is 58.6 Å². The molecule has 0 radical (unpaired) electrons. The SMILES string of the molecule is CNC(=O)c1ccc(CN(C(=O)COc2ccc(C(C)C)cc2)C2CC2)cc1. The summed E-state index contributed by atoms with van der Waals surface area (Å²) in [6, 6.07) is 15.6. The summed E-state index contributed by atoms with van der Waals surface area (Å²) in [5.41, 5.74) is 2.87. The minimum atomic E-state index is -0.112. The Morgan fingerprint density at radius 2 is 1.71 bits per heavy atom. The minimum absolute atomic E-state index is 0.00851. The third-order valence-corrected chi connectivity index (χ3v) is 5.01. The lowest BCUT2D eigenvalue weighted by molar-refractivity contribution is -0.134. The van der Waals surface area contributed by atoms with Crippen LogP contribution in [0.5, 0.6) is 5.75 Å². The number of rotatable bonds is 8. The van der Waals surface area contributed by atoms with Crippen LogP contribution in [-0.4, -0.2) is 36.4 Å². The molecule has 1 aliphatic carbocycles. The molecule has 0 saturated heterocycles. The van der Waals surface area contributed by atoms with E-state index in [2.05, 4.69) is 19.2 Å². The van der Waals surface area contributed by atoms with E-state index in [1.54, 1.807) is 19.2 Å². The Hall–Kier alpha value is -2.82. The molecule has 0 spiro atoms. The van der Waals surface area contributed by atoms with E-state index in [9.17, 15) is 9.59 Å². The molecule has 1 N–H and O–H groups in total. The van der Waals surface area contributed by atoms with Gasteiger partial charge in [-0.2, -0.15) is 0 Å². The summed E-state index contributed by atoms with van der Waals surface area (Å²) in [6.45, 7) is 4.86. The number of nitrogens with one attached hydrogen (secondary N) is 1. The van der Waals surface area contributed by atoms with Crippen molar-refractivity contribution in [2.45, 2.75) is 45.2 Å². The molecule has 3 rings (SSSR count). The highest BCUT2D eigenvalue weighted by Crippen LogP contribution is 2.29. The van der Waals surface area contributed by atoms with Gasteiger partial charge in [-0.3, -0.25) is 9.59 Å². The van der Waals surface area contributed by atoms with Gasteiger partial charge in [0.2, 0.25) is 0 Å². The summed E-state index contributed by atoms with van der Waals surface area (Å²) >= 11 is 0. The Balaban J connectivity index is 1.59. The smallest absolute Gasteiger partial charge is 0.261 e. The highest BCUT2D eigenvalue weighted by molar-refractivity contribution is 5.93.